The number of fused-ring (bicyclic) bond motifs is 1. The molecule has 1 saturated heterocycles. The molecule has 3 unspecified atom stereocenters. The summed E-state index contributed by atoms with van der Waals surface area (Å²) in [5.74, 6) is 0.568. The number of aliphatic hydroxyl groups excluding tert-OH is 3. The molecule has 1 aromatic heterocycles. The van der Waals surface area contributed by atoms with Gasteiger partial charge in [-0.15, -0.1) is 0 Å². The van der Waals surface area contributed by atoms with Crippen molar-refractivity contribution in [3.8, 4) is 0 Å². The molecular weight excluding hydrogens is 268 g/mol. The lowest BCUT2D eigenvalue weighted by Crippen LogP contribution is -2.34. The third-order valence-electron chi connectivity index (χ3n) is 3.42. The van der Waals surface area contributed by atoms with Gasteiger partial charge < -0.3 is 36.8 Å². The Morgan fingerprint density at radius 2 is 2.15 bits per heavy atom. The number of hydrogen-bond donors (Lipinski definition) is 6. The lowest BCUT2D eigenvalue weighted by Gasteiger charge is -2.22. The van der Waals surface area contributed by atoms with Crippen molar-refractivity contribution in [2.24, 2.45) is 16.5 Å². The molecule has 110 valence electrons. The van der Waals surface area contributed by atoms with Crippen molar-refractivity contribution in [2.75, 3.05) is 11.9 Å². The second-order valence-corrected chi connectivity index (χ2v) is 4.70. The van der Waals surface area contributed by atoms with Gasteiger partial charge in [-0.1, -0.05) is 0 Å². The van der Waals surface area contributed by atoms with Crippen LogP contribution in [0.15, 0.2) is 11.3 Å². The molecule has 0 radical (unpaired) electrons. The molecule has 1 aromatic rings. The summed E-state index contributed by atoms with van der Waals surface area (Å²) in [6.45, 7) is -0.401. The average molecular weight is 284 g/mol. The predicted molar refractivity (Wildman–Crippen MR) is 67.4 cm³/mol. The van der Waals surface area contributed by atoms with E-state index in [9.17, 15) is 10.2 Å². The molecule has 0 amide bonds. The fourth-order valence-corrected chi connectivity index (χ4v) is 2.39. The van der Waals surface area contributed by atoms with Crippen molar-refractivity contribution in [3.05, 3.63) is 12.0 Å². The van der Waals surface area contributed by atoms with Crippen molar-refractivity contribution in [1.82, 2.24) is 9.55 Å². The van der Waals surface area contributed by atoms with Gasteiger partial charge in [-0.05, 0) is 0 Å². The Kier molecular flexibility index (Phi) is 3.11. The number of nitrogens with two attached hydrogens (primary N) is 2. The Hall–Kier alpha value is -1.72. The number of rotatable bonds is 2. The predicted octanol–water partition coefficient (Wildman–Crippen LogP) is -2.81. The van der Waals surface area contributed by atoms with E-state index in [4.69, 9.17) is 21.3 Å². The van der Waals surface area contributed by atoms with E-state index in [1.807, 2.05) is 0 Å². The van der Waals surface area contributed by atoms with Crippen molar-refractivity contribution in [1.29, 1.82) is 0 Å². The molecule has 8 N–H and O–H groups in total. The number of nitrogens with zero attached hydrogens (tertiary/aromatic N) is 3. The van der Waals surface area contributed by atoms with Gasteiger partial charge in [-0.25, -0.2) is 9.98 Å². The normalized spacial score (nSPS) is 36.4. The molecule has 0 bridgehead atoms. The third-order valence-corrected chi connectivity index (χ3v) is 3.42. The van der Waals surface area contributed by atoms with Crippen LogP contribution in [0.4, 0.5) is 5.82 Å². The second kappa shape index (κ2) is 4.68. The van der Waals surface area contributed by atoms with Gasteiger partial charge in [-0.2, -0.15) is 0 Å². The fourth-order valence-electron chi connectivity index (χ4n) is 2.39. The fraction of sp³-hybridized carbons (Fsp3) is 0.600. The minimum absolute atomic E-state index is 0.124. The second-order valence-electron chi connectivity index (χ2n) is 4.70. The molecular formula is C10H16N6O4. The van der Waals surface area contributed by atoms with Gasteiger partial charge in [-0.3, -0.25) is 4.57 Å². The molecule has 3 heterocycles. The molecule has 0 spiro atoms. The van der Waals surface area contributed by atoms with Crippen LogP contribution in [0.25, 0.3) is 0 Å². The third kappa shape index (κ3) is 1.85. The summed E-state index contributed by atoms with van der Waals surface area (Å²) in [7, 11) is 0. The first kappa shape index (κ1) is 13.3. The summed E-state index contributed by atoms with van der Waals surface area (Å²) in [5, 5.41) is 31.7. The monoisotopic (exact) mass is 284 g/mol. The van der Waals surface area contributed by atoms with Crippen LogP contribution in [0.1, 0.15) is 18.1 Å². The van der Waals surface area contributed by atoms with Gasteiger partial charge in [0.15, 0.2) is 12.2 Å². The van der Waals surface area contributed by atoms with E-state index in [0.29, 0.717) is 11.5 Å². The molecule has 2 aliphatic heterocycles. The number of imidazole rings is 1. The molecule has 0 aliphatic carbocycles. The number of guanidine groups is 1. The number of aliphatic hydroxyl groups is 3. The van der Waals surface area contributed by atoms with Crippen LogP contribution in [-0.2, 0) is 4.74 Å². The summed E-state index contributed by atoms with van der Waals surface area (Å²) in [5.41, 5.74) is 11.9. The zero-order valence-corrected chi connectivity index (χ0v) is 10.4. The quantitative estimate of drug-likeness (QED) is 0.339. The molecule has 5 atom stereocenters. The average Bonchev–Trinajstić information content (AvgIpc) is 2.93. The van der Waals surface area contributed by atoms with Crippen molar-refractivity contribution < 1.29 is 20.1 Å². The van der Waals surface area contributed by atoms with Crippen LogP contribution in [0, 0.1) is 0 Å². The highest BCUT2D eigenvalue weighted by Gasteiger charge is 2.44. The molecule has 0 saturated carbocycles. The van der Waals surface area contributed by atoms with Gasteiger partial charge in [0.05, 0.1) is 12.9 Å². The number of aliphatic imine (C=N–C) groups is 1. The molecule has 10 heteroatoms. The molecule has 2 aliphatic rings. The highest BCUT2D eigenvalue weighted by molar-refractivity contribution is 5.93. The minimum Gasteiger partial charge on any atom is -0.394 e. The van der Waals surface area contributed by atoms with E-state index in [1.54, 1.807) is 0 Å². The molecule has 3 rings (SSSR count). The van der Waals surface area contributed by atoms with Gasteiger partial charge in [0.25, 0.3) is 0 Å². The van der Waals surface area contributed by atoms with Crippen LogP contribution in [0.3, 0.4) is 0 Å². The zero-order chi connectivity index (χ0) is 14.4. The molecule has 0 aromatic carbocycles. The molecule has 20 heavy (non-hydrogen) atoms. The van der Waals surface area contributed by atoms with E-state index < -0.39 is 37.3 Å². The Balaban J connectivity index is 1.94. The Labute approximate surface area is 113 Å². The number of hydrogen-bond acceptors (Lipinski definition) is 9. The van der Waals surface area contributed by atoms with E-state index >= 15 is 0 Å². The molecule has 10 nitrogen and oxygen atoms in total. The smallest absolute Gasteiger partial charge is 0.196 e. The van der Waals surface area contributed by atoms with Gasteiger partial charge in [0.2, 0.25) is 0 Å². The Bertz CT molecular complexity index is 546. The van der Waals surface area contributed by atoms with E-state index in [1.165, 1.54) is 10.9 Å². The first-order valence-electron chi connectivity index (χ1n) is 6.08. The number of aromatic nitrogens is 2. The number of nitrogens with one attached hydrogen (secondary N) is 1. The summed E-state index contributed by atoms with van der Waals surface area (Å²) < 4.78 is 6.90. The number of anilines is 1. The highest BCUT2D eigenvalue weighted by Crippen LogP contribution is 2.34. The maximum atomic E-state index is 10.0. The Morgan fingerprint density at radius 3 is 2.80 bits per heavy atom. The van der Waals surface area contributed by atoms with E-state index in [-0.39, 0.29) is 5.96 Å². The Morgan fingerprint density at radius 1 is 1.40 bits per heavy atom. The van der Waals surface area contributed by atoms with Gasteiger partial charge in [0.1, 0.15) is 36.0 Å². The lowest BCUT2D eigenvalue weighted by molar-refractivity contribution is -0.0518. The van der Waals surface area contributed by atoms with Crippen LogP contribution in [0.5, 0.6) is 0 Å². The minimum atomic E-state index is -1.21. The topological polar surface area (TPSA) is 164 Å². The summed E-state index contributed by atoms with van der Waals surface area (Å²) >= 11 is 0. The first-order valence-corrected chi connectivity index (χ1v) is 6.08. The maximum Gasteiger partial charge on any atom is 0.196 e. The summed E-state index contributed by atoms with van der Waals surface area (Å²) in [6.07, 6.45) is -3.45. The number of ether oxygens (including phenoxy) is 1. The first-order chi connectivity index (χ1) is 9.52. The van der Waals surface area contributed by atoms with Crippen LogP contribution >= 0.6 is 0 Å². The van der Waals surface area contributed by atoms with Crippen LogP contribution < -0.4 is 16.8 Å². The maximum absolute atomic E-state index is 10.0. The molecule has 1 fully saturated rings. The summed E-state index contributed by atoms with van der Waals surface area (Å²) in [6, 6.07) is 0. The van der Waals surface area contributed by atoms with Crippen LogP contribution in [-0.4, -0.2) is 55.7 Å². The van der Waals surface area contributed by atoms with Crippen molar-refractivity contribution in [3.63, 3.8) is 0 Å². The summed E-state index contributed by atoms with van der Waals surface area (Å²) in [4.78, 5) is 8.03. The van der Waals surface area contributed by atoms with Crippen LogP contribution in [0.2, 0.25) is 0 Å². The van der Waals surface area contributed by atoms with E-state index in [0.717, 1.165) is 0 Å². The standard InChI is InChI=1S/C10H16N6O4/c11-7-4-8(15-10(12)14-7)16(2-13-4)9-6(19)5(18)3(1-17)20-9/h2-3,5-7,9,17-19H,1,11H2,(H3,12,14,15)/t3-,5?,6?,7?,9-/m1/s1. The van der Waals surface area contributed by atoms with Crippen molar-refractivity contribution >= 4 is 11.8 Å². The largest absolute Gasteiger partial charge is 0.394 e. The lowest BCUT2D eigenvalue weighted by atomic mass is 10.1. The van der Waals surface area contributed by atoms with Gasteiger partial charge >= 0.3 is 0 Å². The van der Waals surface area contributed by atoms with Crippen molar-refractivity contribution in [2.45, 2.75) is 30.7 Å². The van der Waals surface area contributed by atoms with Gasteiger partial charge in [0, 0.05) is 0 Å². The van der Waals surface area contributed by atoms with E-state index in [2.05, 4.69) is 15.3 Å². The zero-order valence-electron chi connectivity index (χ0n) is 10.4. The SMILES string of the molecule is NC1=NC(N)c2ncn([C@@H]3O[C@H](CO)C(O)C3O)c2N1. The highest BCUT2D eigenvalue weighted by atomic mass is 16.6.